The molecule has 0 unspecified atom stereocenters. The molecule has 8 nitrogen and oxygen atoms in total. The Morgan fingerprint density at radius 1 is 1.28 bits per heavy atom. The highest BCUT2D eigenvalue weighted by Crippen LogP contribution is 2.34. The van der Waals surface area contributed by atoms with Crippen LogP contribution in [0.3, 0.4) is 0 Å². The van der Waals surface area contributed by atoms with Crippen LogP contribution in [0.2, 0.25) is 0 Å². The summed E-state index contributed by atoms with van der Waals surface area (Å²) in [5.74, 6) is -1.77. The number of nitrogens with zero attached hydrogens (tertiary/aromatic N) is 1. The topological polar surface area (TPSA) is 114 Å². The number of esters is 1. The molecule has 0 spiro atoms. The molecule has 0 saturated heterocycles. The average Bonchev–Trinajstić information content (AvgIpc) is 3.06. The van der Waals surface area contributed by atoms with Gasteiger partial charge in [0.1, 0.15) is 11.4 Å². The molecular formula is C14H10F3N3O5. The monoisotopic (exact) mass is 357 g/mol. The maximum absolute atomic E-state index is 12.6. The van der Waals surface area contributed by atoms with E-state index in [1.807, 2.05) is 5.32 Å². The van der Waals surface area contributed by atoms with Crippen LogP contribution in [0.15, 0.2) is 36.5 Å². The Morgan fingerprint density at radius 2 is 2.00 bits per heavy atom. The lowest BCUT2D eigenvalue weighted by atomic mass is 10.1. The van der Waals surface area contributed by atoms with Crippen LogP contribution in [0, 0.1) is 10.1 Å². The van der Waals surface area contributed by atoms with Gasteiger partial charge in [0.15, 0.2) is 6.61 Å². The highest BCUT2D eigenvalue weighted by atomic mass is 19.4. The van der Waals surface area contributed by atoms with Gasteiger partial charge in [-0.05, 0) is 24.3 Å². The summed E-state index contributed by atoms with van der Waals surface area (Å²) in [4.78, 5) is 35.6. The number of nitro benzene ring substituents is 1. The SMILES string of the molecule is O=C(COC(=O)c1ccc[nH]1)Nc1ccc(C(F)(F)F)cc1[N+](=O)[O-]. The van der Waals surface area contributed by atoms with Gasteiger partial charge in [-0.3, -0.25) is 14.9 Å². The van der Waals surface area contributed by atoms with Crippen molar-refractivity contribution in [1.82, 2.24) is 4.98 Å². The molecule has 11 heteroatoms. The molecule has 2 rings (SSSR count). The van der Waals surface area contributed by atoms with Crippen LogP contribution in [0.25, 0.3) is 0 Å². The Hall–Kier alpha value is -3.37. The summed E-state index contributed by atoms with van der Waals surface area (Å²) in [5.41, 5.74) is -2.51. The van der Waals surface area contributed by atoms with Gasteiger partial charge < -0.3 is 15.0 Å². The second-order valence-corrected chi connectivity index (χ2v) is 4.69. The van der Waals surface area contributed by atoms with Crippen molar-refractivity contribution < 1.29 is 32.4 Å². The number of halogens is 3. The van der Waals surface area contributed by atoms with E-state index in [0.29, 0.717) is 12.1 Å². The van der Waals surface area contributed by atoms with Crippen molar-refractivity contribution in [3.8, 4) is 0 Å². The van der Waals surface area contributed by atoms with Crippen LogP contribution in [0.4, 0.5) is 24.5 Å². The fourth-order valence-corrected chi connectivity index (χ4v) is 1.82. The number of anilines is 1. The first-order valence-electron chi connectivity index (χ1n) is 6.64. The highest BCUT2D eigenvalue weighted by molar-refractivity contribution is 5.96. The van der Waals surface area contributed by atoms with Gasteiger partial charge in [-0.25, -0.2) is 4.79 Å². The number of nitro groups is 1. The zero-order valence-electron chi connectivity index (χ0n) is 12.3. The number of aromatic nitrogens is 1. The molecule has 25 heavy (non-hydrogen) atoms. The molecule has 0 radical (unpaired) electrons. The van der Waals surface area contributed by atoms with Gasteiger partial charge in [-0.2, -0.15) is 13.2 Å². The number of rotatable bonds is 5. The van der Waals surface area contributed by atoms with E-state index >= 15 is 0 Å². The average molecular weight is 357 g/mol. The molecule has 1 aromatic heterocycles. The van der Waals surface area contributed by atoms with Crippen LogP contribution in [0.1, 0.15) is 16.1 Å². The summed E-state index contributed by atoms with van der Waals surface area (Å²) < 4.78 is 42.5. The van der Waals surface area contributed by atoms with Gasteiger partial charge in [0, 0.05) is 12.3 Å². The smallest absolute Gasteiger partial charge is 0.416 e. The molecule has 0 aliphatic heterocycles. The summed E-state index contributed by atoms with van der Waals surface area (Å²) in [6.45, 7) is -0.768. The van der Waals surface area contributed by atoms with Crippen molar-refractivity contribution >= 4 is 23.3 Å². The lowest BCUT2D eigenvalue weighted by molar-refractivity contribution is -0.384. The maximum Gasteiger partial charge on any atom is 0.416 e. The molecule has 0 fully saturated rings. The molecule has 0 bridgehead atoms. The molecule has 1 amide bonds. The zero-order chi connectivity index (χ0) is 18.6. The minimum absolute atomic E-state index is 0.0910. The van der Waals surface area contributed by atoms with E-state index in [2.05, 4.69) is 9.72 Å². The van der Waals surface area contributed by atoms with Gasteiger partial charge in [0.25, 0.3) is 11.6 Å². The van der Waals surface area contributed by atoms with Crippen molar-refractivity contribution in [2.24, 2.45) is 0 Å². The van der Waals surface area contributed by atoms with Crippen molar-refractivity contribution in [2.75, 3.05) is 11.9 Å². The molecule has 132 valence electrons. The van der Waals surface area contributed by atoms with E-state index in [0.717, 1.165) is 6.07 Å². The Labute approximate surface area is 137 Å². The fourth-order valence-electron chi connectivity index (χ4n) is 1.82. The number of H-pyrrole nitrogens is 1. The fraction of sp³-hybridized carbons (Fsp3) is 0.143. The number of hydrogen-bond acceptors (Lipinski definition) is 5. The summed E-state index contributed by atoms with van der Waals surface area (Å²) in [6, 6.07) is 4.59. The third-order valence-corrected chi connectivity index (χ3v) is 2.95. The number of nitrogens with one attached hydrogen (secondary N) is 2. The van der Waals surface area contributed by atoms with Crippen LogP contribution in [-0.2, 0) is 15.7 Å². The van der Waals surface area contributed by atoms with Crippen LogP contribution >= 0.6 is 0 Å². The lowest BCUT2D eigenvalue weighted by Crippen LogP contribution is -2.21. The minimum Gasteiger partial charge on any atom is -0.451 e. The zero-order valence-corrected chi connectivity index (χ0v) is 12.3. The minimum atomic E-state index is -4.77. The third kappa shape index (κ3) is 4.56. The molecular weight excluding hydrogens is 347 g/mol. The largest absolute Gasteiger partial charge is 0.451 e. The second-order valence-electron chi connectivity index (χ2n) is 4.69. The first-order chi connectivity index (χ1) is 11.7. The first-order valence-corrected chi connectivity index (χ1v) is 6.64. The number of alkyl halides is 3. The number of aromatic amines is 1. The van der Waals surface area contributed by atoms with E-state index < -0.39 is 46.5 Å². The van der Waals surface area contributed by atoms with Crippen LogP contribution < -0.4 is 5.32 Å². The normalized spacial score (nSPS) is 11.0. The first kappa shape index (κ1) is 18.0. The molecule has 0 atom stereocenters. The standard InChI is InChI=1S/C14H10F3N3O5/c15-14(16,17)8-3-4-9(11(6-8)20(23)24)19-12(21)7-25-13(22)10-2-1-5-18-10/h1-6,18H,7H2,(H,19,21). The number of hydrogen-bond donors (Lipinski definition) is 2. The van der Waals surface area contributed by atoms with Gasteiger partial charge in [0.05, 0.1) is 10.5 Å². The molecule has 1 heterocycles. The Bertz CT molecular complexity index is 803. The van der Waals surface area contributed by atoms with Gasteiger partial charge in [-0.15, -0.1) is 0 Å². The van der Waals surface area contributed by atoms with E-state index in [1.54, 1.807) is 0 Å². The Balaban J connectivity index is 2.07. The van der Waals surface area contributed by atoms with E-state index in [9.17, 15) is 32.9 Å². The maximum atomic E-state index is 12.6. The van der Waals surface area contributed by atoms with E-state index in [1.165, 1.54) is 18.3 Å². The molecule has 2 N–H and O–H groups in total. The summed E-state index contributed by atoms with van der Waals surface area (Å²) in [7, 11) is 0. The van der Waals surface area contributed by atoms with E-state index in [4.69, 9.17) is 0 Å². The summed E-state index contributed by atoms with van der Waals surface area (Å²) in [5, 5.41) is 12.9. The molecule has 0 aliphatic carbocycles. The van der Waals surface area contributed by atoms with Crippen molar-refractivity contribution in [3.05, 3.63) is 57.9 Å². The second kappa shape index (κ2) is 7.03. The molecule has 0 aliphatic rings. The highest BCUT2D eigenvalue weighted by Gasteiger charge is 2.33. The van der Waals surface area contributed by atoms with Crippen molar-refractivity contribution in [2.45, 2.75) is 6.18 Å². The number of carbonyl (C=O) groups excluding carboxylic acids is 2. The summed E-state index contributed by atoms with van der Waals surface area (Å²) >= 11 is 0. The van der Waals surface area contributed by atoms with Crippen molar-refractivity contribution in [1.29, 1.82) is 0 Å². The quantitative estimate of drug-likeness (QED) is 0.485. The summed E-state index contributed by atoms with van der Waals surface area (Å²) in [6.07, 6.45) is -3.30. The molecule has 1 aromatic carbocycles. The van der Waals surface area contributed by atoms with Crippen molar-refractivity contribution in [3.63, 3.8) is 0 Å². The number of carbonyl (C=O) groups is 2. The predicted molar refractivity (Wildman–Crippen MR) is 77.8 cm³/mol. The lowest BCUT2D eigenvalue weighted by Gasteiger charge is -2.10. The Kier molecular flexibility index (Phi) is 5.05. The number of amides is 1. The Morgan fingerprint density at radius 3 is 2.56 bits per heavy atom. The number of ether oxygens (including phenoxy) is 1. The predicted octanol–water partition coefficient (Wildman–Crippen LogP) is 2.74. The third-order valence-electron chi connectivity index (χ3n) is 2.95. The van der Waals surface area contributed by atoms with Crippen LogP contribution in [0.5, 0.6) is 0 Å². The number of benzene rings is 1. The molecule has 0 saturated carbocycles. The van der Waals surface area contributed by atoms with Gasteiger partial charge in [0.2, 0.25) is 0 Å². The van der Waals surface area contributed by atoms with Gasteiger partial charge in [-0.1, -0.05) is 0 Å². The van der Waals surface area contributed by atoms with E-state index in [-0.39, 0.29) is 5.69 Å². The molecule has 2 aromatic rings. The van der Waals surface area contributed by atoms with Gasteiger partial charge >= 0.3 is 12.1 Å². The van der Waals surface area contributed by atoms with Crippen LogP contribution in [-0.4, -0.2) is 28.4 Å².